The molecule has 0 spiro atoms. The Labute approximate surface area is 181 Å². The zero-order chi connectivity index (χ0) is 22.0. The van der Waals surface area contributed by atoms with E-state index in [-0.39, 0.29) is 18.4 Å². The highest BCUT2D eigenvalue weighted by atomic mass is 16.5. The molecule has 0 radical (unpaired) electrons. The summed E-state index contributed by atoms with van der Waals surface area (Å²) in [6, 6.07) is 14.5. The molecule has 1 aliphatic heterocycles. The van der Waals surface area contributed by atoms with E-state index in [0.29, 0.717) is 25.8 Å². The first-order valence-corrected chi connectivity index (χ1v) is 10.7. The molecule has 2 aromatic rings. The lowest BCUT2D eigenvalue weighted by molar-refractivity contribution is -0.149. The van der Waals surface area contributed by atoms with Crippen molar-refractivity contribution in [3.8, 4) is 11.1 Å². The summed E-state index contributed by atoms with van der Waals surface area (Å²) in [5, 5.41) is 12.0. The van der Waals surface area contributed by atoms with Gasteiger partial charge in [-0.05, 0) is 41.5 Å². The zero-order valence-corrected chi connectivity index (χ0v) is 17.4. The van der Waals surface area contributed by atoms with Crippen molar-refractivity contribution in [3.63, 3.8) is 0 Å². The van der Waals surface area contributed by atoms with Crippen molar-refractivity contribution < 1.29 is 24.2 Å². The van der Waals surface area contributed by atoms with Crippen LogP contribution in [0.5, 0.6) is 0 Å². The van der Waals surface area contributed by atoms with E-state index in [1.807, 2.05) is 36.4 Å². The number of hydrogen-bond donors (Lipinski definition) is 2. The molecule has 1 heterocycles. The Bertz CT molecular complexity index is 959. The number of carboxylic acids is 1. The summed E-state index contributed by atoms with van der Waals surface area (Å²) < 4.78 is 5.52. The number of carbonyl (C=O) groups excluding carboxylic acids is 2. The number of rotatable bonds is 6. The van der Waals surface area contributed by atoms with Crippen LogP contribution in [0.15, 0.2) is 48.5 Å². The topological polar surface area (TPSA) is 95.9 Å². The van der Waals surface area contributed by atoms with Crippen LogP contribution in [0, 0.1) is 0 Å². The molecule has 7 heteroatoms. The number of hydrogen-bond acceptors (Lipinski definition) is 4. The van der Waals surface area contributed by atoms with Crippen LogP contribution in [0.25, 0.3) is 11.1 Å². The van der Waals surface area contributed by atoms with Crippen LogP contribution in [-0.2, 0) is 14.3 Å². The second-order valence-corrected chi connectivity index (χ2v) is 7.96. The number of carboxylic acid groups (broad SMARTS) is 1. The summed E-state index contributed by atoms with van der Waals surface area (Å²) in [5.74, 6) is -1.45. The van der Waals surface area contributed by atoms with Crippen LogP contribution in [0.1, 0.15) is 43.2 Å². The number of nitrogens with one attached hydrogen (secondary N) is 1. The van der Waals surface area contributed by atoms with E-state index in [9.17, 15) is 19.5 Å². The van der Waals surface area contributed by atoms with Gasteiger partial charge in [0, 0.05) is 12.5 Å². The van der Waals surface area contributed by atoms with Crippen LogP contribution in [0.4, 0.5) is 4.79 Å². The van der Waals surface area contributed by atoms with Gasteiger partial charge in [-0.1, -0.05) is 55.5 Å². The first-order chi connectivity index (χ1) is 15.0. The molecule has 2 atom stereocenters. The van der Waals surface area contributed by atoms with Gasteiger partial charge in [0.05, 0.1) is 0 Å². The normalized spacial score (nSPS) is 18.2. The Morgan fingerprint density at radius 1 is 1.10 bits per heavy atom. The van der Waals surface area contributed by atoms with Gasteiger partial charge in [0.15, 0.2) is 0 Å². The van der Waals surface area contributed by atoms with Gasteiger partial charge >= 0.3 is 12.1 Å². The smallest absolute Gasteiger partial charge is 0.407 e. The Balaban J connectivity index is 1.41. The highest BCUT2D eigenvalue weighted by Crippen LogP contribution is 2.44. The number of likely N-dealkylation sites (tertiary alicyclic amines) is 1. The average molecular weight is 422 g/mol. The molecule has 1 saturated heterocycles. The van der Waals surface area contributed by atoms with E-state index in [1.54, 1.807) is 6.92 Å². The van der Waals surface area contributed by atoms with Crippen LogP contribution in [0.3, 0.4) is 0 Å². The van der Waals surface area contributed by atoms with Gasteiger partial charge in [-0.15, -0.1) is 0 Å². The molecule has 1 fully saturated rings. The second kappa shape index (κ2) is 8.79. The van der Waals surface area contributed by atoms with Crippen molar-refractivity contribution in [1.29, 1.82) is 0 Å². The number of amides is 2. The van der Waals surface area contributed by atoms with E-state index in [2.05, 4.69) is 17.4 Å². The molecular formula is C24H26N2O5. The van der Waals surface area contributed by atoms with Crippen molar-refractivity contribution in [2.24, 2.45) is 0 Å². The summed E-state index contributed by atoms with van der Waals surface area (Å²) in [6.07, 6.45) is 0.756. The number of ether oxygens (including phenoxy) is 1. The molecule has 0 saturated carbocycles. The lowest BCUT2D eigenvalue weighted by Gasteiger charge is -2.26. The third kappa shape index (κ3) is 4.00. The lowest BCUT2D eigenvalue weighted by Crippen LogP contribution is -2.51. The number of aliphatic carboxylic acids is 1. The van der Waals surface area contributed by atoms with Gasteiger partial charge in [-0.3, -0.25) is 4.79 Å². The highest BCUT2D eigenvalue weighted by Gasteiger charge is 2.37. The van der Waals surface area contributed by atoms with Gasteiger partial charge in [0.25, 0.3) is 0 Å². The van der Waals surface area contributed by atoms with Crippen LogP contribution >= 0.6 is 0 Å². The standard InChI is InChI=1S/C24H26N2O5/c1-2-20(22(27)26-13-7-12-21(26)23(28)29)25-24(30)31-14-19-17-10-5-3-8-15(17)16-9-4-6-11-18(16)19/h3-6,8-11,19-21H,2,7,12-14H2,1H3,(H,25,30)(H,28,29)/t20?,21-/m0/s1. The number of nitrogens with zero attached hydrogens (tertiary/aromatic N) is 1. The number of benzene rings is 2. The van der Waals surface area contributed by atoms with Crippen LogP contribution in [0.2, 0.25) is 0 Å². The van der Waals surface area contributed by atoms with E-state index in [0.717, 1.165) is 22.3 Å². The Kier molecular flexibility index (Phi) is 5.93. The maximum Gasteiger partial charge on any atom is 0.407 e. The minimum atomic E-state index is -1.01. The largest absolute Gasteiger partial charge is 0.480 e. The van der Waals surface area contributed by atoms with E-state index in [4.69, 9.17) is 4.74 Å². The first-order valence-electron chi connectivity index (χ1n) is 10.7. The maximum absolute atomic E-state index is 12.8. The molecule has 1 unspecified atom stereocenters. The van der Waals surface area contributed by atoms with Gasteiger partial charge in [0.2, 0.25) is 5.91 Å². The predicted octanol–water partition coefficient (Wildman–Crippen LogP) is 3.38. The van der Waals surface area contributed by atoms with Crippen molar-refractivity contribution in [2.75, 3.05) is 13.2 Å². The number of alkyl carbamates (subject to hydrolysis) is 1. The Morgan fingerprint density at radius 2 is 1.71 bits per heavy atom. The first kappa shape index (κ1) is 20.9. The SMILES string of the molecule is CCC(NC(=O)OCC1c2ccccc2-c2ccccc21)C(=O)N1CCC[C@H]1C(=O)O. The third-order valence-electron chi connectivity index (χ3n) is 6.16. The molecule has 162 valence electrons. The fourth-order valence-electron chi connectivity index (χ4n) is 4.61. The predicted molar refractivity (Wildman–Crippen MR) is 115 cm³/mol. The molecule has 0 aromatic heterocycles. The van der Waals surface area contributed by atoms with Gasteiger partial charge in [0.1, 0.15) is 18.7 Å². The molecule has 2 amide bonds. The zero-order valence-electron chi connectivity index (χ0n) is 17.4. The summed E-state index contributed by atoms with van der Waals surface area (Å²) in [4.78, 5) is 38.1. The van der Waals surface area contributed by atoms with Crippen molar-refractivity contribution in [1.82, 2.24) is 10.2 Å². The van der Waals surface area contributed by atoms with Gasteiger partial charge in [-0.2, -0.15) is 0 Å². The highest BCUT2D eigenvalue weighted by molar-refractivity contribution is 5.89. The quantitative estimate of drug-likeness (QED) is 0.744. The van der Waals surface area contributed by atoms with E-state index >= 15 is 0 Å². The summed E-state index contributed by atoms with van der Waals surface area (Å²) in [5.41, 5.74) is 4.51. The fraction of sp³-hybridized carbons (Fsp3) is 0.375. The monoisotopic (exact) mass is 422 g/mol. The molecule has 2 aliphatic rings. The summed E-state index contributed by atoms with van der Waals surface area (Å²) in [7, 11) is 0. The third-order valence-corrected chi connectivity index (χ3v) is 6.16. The van der Waals surface area contributed by atoms with Crippen molar-refractivity contribution in [2.45, 2.75) is 44.2 Å². The second-order valence-electron chi connectivity index (χ2n) is 7.96. The molecule has 7 nitrogen and oxygen atoms in total. The van der Waals surface area contributed by atoms with Gasteiger partial charge < -0.3 is 20.1 Å². The van der Waals surface area contributed by atoms with E-state index < -0.39 is 24.1 Å². The molecule has 4 rings (SSSR count). The number of carbonyl (C=O) groups is 3. The molecule has 31 heavy (non-hydrogen) atoms. The molecule has 2 aromatic carbocycles. The minimum Gasteiger partial charge on any atom is -0.480 e. The molecule has 0 bridgehead atoms. The maximum atomic E-state index is 12.8. The van der Waals surface area contributed by atoms with E-state index in [1.165, 1.54) is 4.90 Å². The average Bonchev–Trinajstić information content (AvgIpc) is 3.39. The van der Waals surface area contributed by atoms with Crippen LogP contribution in [-0.4, -0.2) is 53.2 Å². The fourth-order valence-corrected chi connectivity index (χ4v) is 4.61. The summed E-state index contributed by atoms with van der Waals surface area (Å²) in [6.45, 7) is 2.32. The molecule has 2 N–H and O–H groups in total. The Hall–Kier alpha value is -3.35. The molecular weight excluding hydrogens is 396 g/mol. The minimum absolute atomic E-state index is 0.0658. The van der Waals surface area contributed by atoms with Crippen LogP contribution < -0.4 is 5.32 Å². The Morgan fingerprint density at radius 3 is 2.29 bits per heavy atom. The number of fused-ring (bicyclic) bond motifs is 3. The summed E-state index contributed by atoms with van der Waals surface area (Å²) >= 11 is 0. The van der Waals surface area contributed by atoms with Gasteiger partial charge in [-0.25, -0.2) is 9.59 Å². The molecule has 1 aliphatic carbocycles. The lowest BCUT2D eigenvalue weighted by atomic mass is 9.98. The van der Waals surface area contributed by atoms with Crippen molar-refractivity contribution >= 4 is 18.0 Å². The van der Waals surface area contributed by atoms with Crippen molar-refractivity contribution in [3.05, 3.63) is 59.7 Å².